The number of hydrogen-bond acceptors (Lipinski definition) is 2. The van der Waals surface area contributed by atoms with Gasteiger partial charge in [-0.05, 0) is 49.4 Å². The van der Waals surface area contributed by atoms with Crippen molar-refractivity contribution >= 4 is 11.9 Å². The maximum atomic E-state index is 11.5. The van der Waals surface area contributed by atoms with E-state index in [4.69, 9.17) is 0 Å². The van der Waals surface area contributed by atoms with Crippen LogP contribution in [-0.4, -0.2) is 22.2 Å². The van der Waals surface area contributed by atoms with Gasteiger partial charge in [-0.25, -0.2) is 0 Å². The number of carboxylic acids is 2. The van der Waals surface area contributed by atoms with Gasteiger partial charge in [0.2, 0.25) is 0 Å². The Balaban J connectivity index is 2.18. The number of rotatable bonds is 4. The van der Waals surface area contributed by atoms with Crippen molar-refractivity contribution in [2.45, 2.75) is 52.4 Å². The molecule has 2 fully saturated rings. The van der Waals surface area contributed by atoms with Gasteiger partial charge in [0.15, 0.2) is 0 Å². The van der Waals surface area contributed by atoms with E-state index < -0.39 is 11.9 Å². The second-order valence-corrected chi connectivity index (χ2v) is 6.76. The first-order valence-electron chi connectivity index (χ1n) is 7.91. The summed E-state index contributed by atoms with van der Waals surface area (Å²) in [7, 11) is 0. The fourth-order valence-corrected chi connectivity index (χ4v) is 4.67. The predicted molar refractivity (Wildman–Crippen MR) is 75.3 cm³/mol. The molecule has 2 aliphatic rings. The van der Waals surface area contributed by atoms with Crippen molar-refractivity contribution < 1.29 is 19.8 Å². The van der Waals surface area contributed by atoms with E-state index in [0.717, 1.165) is 38.5 Å². The van der Waals surface area contributed by atoms with Crippen LogP contribution in [0.4, 0.5) is 0 Å². The maximum Gasteiger partial charge on any atom is 0.306 e. The topological polar surface area (TPSA) is 74.6 Å². The molecule has 0 spiro atoms. The maximum absolute atomic E-state index is 11.5. The number of aliphatic carboxylic acids is 2. The summed E-state index contributed by atoms with van der Waals surface area (Å²) < 4.78 is 0. The molecule has 6 unspecified atom stereocenters. The van der Waals surface area contributed by atoms with Crippen LogP contribution in [0.2, 0.25) is 0 Å². The Morgan fingerprint density at radius 1 is 1.10 bits per heavy atom. The zero-order valence-corrected chi connectivity index (χ0v) is 12.4. The summed E-state index contributed by atoms with van der Waals surface area (Å²) in [5, 5.41) is 18.7. The molecule has 114 valence electrons. The van der Waals surface area contributed by atoms with Gasteiger partial charge in [0.25, 0.3) is 0 Å². The molecule has 0 radical (unpaired) electrons. The molecular formula is C16H26O4. The number of hydrogen-bond donors (Lipinski definition) is 2. The Kier molecular flexibility index (Phi) is 4.71. The van der Waals surface area contributed by atoms with Crippen molar-refractivity contribution in [2.75, 3.05) is 0 Å². The molecule has 0 amide bonds. The van der Waals surface area contributed by atoms with Gasteiger partial charge in [0.05, 0.1) is 11.8 Å². The summed E-state index contributed by atoms with van der Waals surface area (Å²) in [6.07, 6.45) is 5.17. The Bertz CT molecular complexity index is 379. The molecule has 4 heteroatoms. The van der Waals surface area contributed by atoms with Crippen LogP contribution in [0.5, 0.6) is 0 Å². The highest BCUT2D eigenvalue weighted by Crippen LogP contribution is 2.51. The molecule has 20 heavy (non-hydrogen) atoms. The smallest absolute Gasteiger partial charge is 0.306 e. The second-order valence-electron chi connectivity index (χ2n) is 6.76. The molecule has 0 aromatic heterocycles. The highest BCUT2D eigenvalue weighted by Gasteiger charge is 2.47. The summed E-state index contributed by atoms with van der Waals surface area (Å²) >= 11 is 0. The zero-order chi connectivity index (χ0) is 14.9. The normalized spacial score (nSPS) is 40.9. The van der Waals surface area contributed by atoms with Crippen LogP contribution in [0.1, 0.15) is 52.4 Å². The van der Waals surface area contributed by atoms with Crippen molar-refractivity contribution in [3.05, 3.63) is 0 Å². The highest BCUT2D eigenvalue weighted by molar-refractivity contribution is 5.71. The Hall–Kier alpha value is -1.06. The minimum absolute atomic E-state index is 0.168. The largest absolute Gasteiger partial charge is 0.481 e. The van der Waals surface area contributed by atoms with Gasteiger partial charge in [0.1, 0.15) is 0 Å². The number of carboxylic acid groups (broad SMARTS) is 2. The molecule has 0 heterocycles. The Morgan fingerprint density at radius 2 is 1.80 bits per heavy atom. The zero-order valence-electron chi connectivity index (χ0n) is 12.4. The van der Waals surface area contributed by atoms with E-state index in [0.29, 0.717) is 17.8 Å². The van der Waals surface area contributed by atoms with Crippen LogP contribution < -0.4 is 0 Å². The van der Waals surface area contributed by atoms with Gasteiger partial charge in [-0.3, -0.25) is 9.59 Å². The molecule has 2 saturated carbocycles. The molecule has 0 saturated heterocycles. The lowest BCUT2D eigenvalue weighted by Gasteiger charge is -2.48. The fourth-order valence-electron chi connectivity index (χ4n) is 4.67. The SMILES string of the molecule is CCCC1C(C)C(C(=O)O)CC2CCC(C(=O)O)CC21. The monoisotopic (exact) mass is 282 g/mol. The van der Waals surface area contributed by atoms with Crippen LogP contribution in [0.25, 0.3) is 0 Å². The van der Waals surface area contributed by atoms with Crippen LogP contribution in [0, 0.1) is 35.5 Å². The first-order chi connectivity index (χ1) is 9.45. The molecular weight excluding hydrogens is 256 g/mol. The summed E-state index contributed by atoms with van der Waals surface area (Å²) in [5.41, 5.74) is 0. The van der Waals surface area contributed by atoms with E-state index in [1.165, 1.54) is 0 Å². The molecule has 2 N–H and O–H groups in total. The average molecular weight is 282 g/mol. The van der Waals surface area contributed by atoms with E-state index in [2.05, 4.69) is 13.8 Å². The van der Waals surface area contributed by atoms with E-state index >= 15 is 0 Å². The van der Waals surface area contributed by atoms with Crippen molar-refractivity contribution in [1.82, 2.24) is 0 Å². The van der Waals surface area contributed by atoms with Gasteiger partial charge in [-0.1, -0.05) is 26.7 Å². The summed E-state index contributed by atoms with van der Waals surface area (Å²) in [6.45, 7) is 4.18. The number of carbonyl (C=O) groups is 2. The lowest BCUT2D eigenvalue weighted by Crippen LogP contribution is -2.45. The Labute approximate surface area is 120 Å². The average Bonchev–Trinajstić information content (AvgIpc) is 2.40. The predicted octanol–water partition coefficient (Wildman–Crippen LogP) is 3.26. The first-order valence-corrected chi connectivity index (χ1v) is 7.91. The highest BCUT2D eigenvalue weighted by atomic mass is 16.4. The molecule has 4 nitrogen and oxygen atoms in total. The second kappa shape index (κ2) is 6.15. The summed E-state index contributed by atoms with van der Waals surface area (Å²) in [5.74, 6) is -0.430. The minimum Gasteiger partial charge on any atom is -0.481 e. The van der Waals surface area contributed by atoms with Crippen LogP contribution in [0.15, 0.2) is 0 Å². The van der Waals surface area contributed by atoms with Crippen molar-refractivity contribution in [3.8, 4) is 0 Å². The Morgan fingerprint density at radius 3 is 2.35 bits per heavy atom. The van der Waals surface area contributed by atoms with E-state index in [-0.39, 0.29) is 17.8 Å². The van der Waals surface area contributed by atoms with Gasteiger partial charge < -0.3 is 10.2 Å². The lowest BCUT2D eigenvalue weighted by atomic mass is 9.56. The van der Waals surface area contributed by atoms with Crippen molar-refractivity contribution in [2.24, 2.45) is 35.5 Å². The molecule has 0 aromatic rings. The van der Waals surface area contributed by atoms with Crippen LogP contribution >= 0.6 is 0 Å². The van der Waals surface area contributed by atoms with E-state index in [9.17, 15) is 19.8 Å². The fraction of sp³-hybridized carbons (Fsp3) is 0.875. The molecule has 0 bridgehead atoms. The third kappa shape index (κ3) is 2.84. The molecule has 0 aliphatic heterocycles. The lowest BCUT2D eigenvalue weighted by molar-refractivity contribution is -0.153. The minimum atomic E-state index is -0.674. The molecule has 2 aliphatic carbocycles. The van der Waals surface area contributed by atoms with Gasteiger partial charge >= 0.3 is 11.9 Å². The van der Waals surface area contributed by atoms with Crippen LogP contribution in [-0.2, 0) is 9.59 Å². The standard InChI is InChI=1S/C16H26O4/c1-3-4-12-9(2)13(16(19)20)7-10-5-6-11(15(17)18)8-14(10)12/h9-14H,3-8H2,1-2H3,(H,17,18)(H,19,20). The van der Waals surface area contributed by atoms with Crippen molar-refractivity contribution in [3.63, 3.8) is 0 Å². The van der Waals surface area contributed by atoms with Gasteiger partial charge in [-0.15, -0.1) is 0 Å². The first kappa shape index (κ1) is 15.3. The van der Waals surface area contributed by atoms with E-state index in [1.54, 1.807) is 0 Å². The molecule has 0 aromatic carbocycles. The van der Waals surface area contributed by atoms with Crippen LogP contribution in [0.3, 0.4) is 0 Å². The van der Waals surface area contributed by atoms with E-state index in [1.807, 2.05) is 0 Å². The quantitative estimate of drug-likeness (QED) is 0.830. The van der Waals surface area contributed by atoms with Gasteiger partial charge in [0, 0.05) is 0 Å². The third-order valence-electron chi connectivity index (χ3n) is 5.75. The third-order valence-corrected chi connectivity index (χ3v) is 5.75. The van der Waals surface area contributed by atoms with Crippen molar-refractivity contribution in [1.29, 1.82) is 0 Å². The molecule has 2 rings (SSSR count). The molecule has 6 atom stereocenters. The van der Waals surface area contributed by atoms with Gasteiger partial charge in [-0.2, -0.15) is 0 Å². The summed E-state index contributed by atoms with van der Waals surface area (Å²) in [4.78, 5) is 22.7. The summed E-state index contributed by atoms with van der Waals surface area (Å²) in [6, 6.07) is 0. The number of fused-ring (bicyclic) bond motifs is 1.